The van der Waals surface area contributed by atoms with Crippen LogP contribution in [0.1, 0.15) is 31.3 Å². The summed E-state index contributed by atoms with van der Waals surface area (Å²) in [7, 11) is 0. The second-order valence-corrected chi connectivity index (χ2v) is 3.91. The SMILES string of the molecule is CCNC(=O)C(C)NC(=O)c1cnc(NCC)cn1. The molecule has 19 heavy (non-hydrogen) atoms. The van der Waals surface area contributed by atoms with Crippen LogP contribution in [0.5, 0.6) is 0 Å². The van der Waals surface area contributed by atoms with Gasteiger partial charge in [0.15, 0.2) is 0 Å². The number of carbonyl (C=O) groups is 2. The zero-order valence-electron chi connectivity index (χ0n) is 11.4. The lowest BCUT2D eigenvalue weighted by molar-refractivity contribution is -0.122. The van der Waals surface area contributed by atoms with Crippen molar-refractivity contribution in [2.45, 2.75) is 26.8 Å². The predicted molar refractivity (Wildman–Crippen MR) is 71.8 cm³/mol. The largest absolute Gasteiger partial charge is 0.369 e. The van der Waals surface area contributed by atoms with Crippen molar-refractivity contribution in [1.29, 1.82) is 0 Å². The Labute approximate surface area is 112 Å². The minimum Gasteiger partial charge on any atom is -0.369 e. The van der Waals surface area contributed by atoms with Gasteiger partial charge in [0, 0.05) is 13.1 Å². The zero-order chi connectivity index (χ0) is 14.3. The normalized spacial score (nSPS) is 11.5. The number of carbonyl (C=O) groups excluding carboxylic acids is 2. The number of hydrogen-bond acceptors (Lipinski definition) is 5. The number of hydrogen-bond donors (Lipinski definition) is 3. The van der Waals surface area contributed by atoms with E-state index in [1.807, 2.05) is 13.8 Å². The zero-order valence-corrected chi connectivity index (χ0v) is 11.4. The number of likely N-dealkylation sites (N-methyl/N-ethyl adjacent to an activating group) is 1. The molecule has 0 bridgehead atoms. The molecule has 1 aromatic heterocycles. The molecule has 3 N–H and O–H groups in total. The van der Waals surface area contributed by atoms with Crippen LogP contribution in [0.2, 0.25) is 0 Å². The summed E-state index contributed by atoms with van der Waals surface area (Å²) in [6.45, 7) is 6.63. The van der Waals surface area contributed by atoms with E-state index >= 15 is 0 Å². The van der Waals surface area contributed by atoms with Gasteiger partial charge in [-0.05, 0) is 20.8 Å². The highest BCUT2D eigenvalue weighted by atomic mass is 16.2. The molecular weight excluding hydrogens is 246 g/mol. The Morgan fingerprint density at radius 3 is 2.47 bits per heavy atom. The van der Waals surface area contributed by atoms with Gasteiger partial charge in [0.2, 0.25) is 5.91 Å². The summed E-state index contributed by atoms with van der Waals surface area (Å²) in [5.74, 6) is -0.0433. The molecule has 0 saturated heterocycles. The number of nitrogens with zero attached hydrogens (tertiary/aromatic N) is 2. The first-order chi connectivity index (χ1) is 9.08. The molecule has 7 nitrogen and oxygen atoms in total. The first-order valence-corrected chi connectivity index (χ1v) is 6.23. The maximum atomic E-state index is 11.8. The Hall–Kier alpha value is -2.18. The van der Waals surface area contributed by atoms with E-state index in [1.165, 1.54) is 12.4 Å². The van der Waals surface area contributed by atoms with Crippen LogP contribution in [-0.2, 0) is 4.79 Å². The average molecular weight is 265 g/mol. The van der Waals surface area contributed by atoms with E-state index in [9.17, 15) is 9.59 Å². The van der Waals surface area contributed by atoms with Gasteiger partial charge in [-0.3, -0.25) is 9.59 Å². The molecule has 0 aliphatic carbocycles. The Morgan fingerprint density at radius 1 is 1.21 bits per heavy atom. The Balaban J connectivity index is 2.60. The van der Waals surface area contributed by atoms with Crippen molar-refractivity contribution in [3.8, 4) is 0 Å². The lowest BCUT2D eigenvalue weighted by atomic mass is 10.3. The van der Waals surface area contributed by atoms with Gasteiger partial charge in [-0.25, -0.2) is 9.97 Å². The lowest BCUT2D eigenvalue weighted by Crippen LogP contribution is -2.44. The summed E-state index contributed by atoms with van der Waals surface area (Å²) in [5, 5.41) is 8.17. The summed E-state index contributed by atoms with van der Waals surface area (Å²) in [6, 6.07) is -0.609. The average Bonchev–Trinajstić information content (AvgIpc) is 2.40. The van der Waals surface area contributed by atoms with Crippen molar-refractivity contribution in [2.75, 3.05) is 18.4 Å². The number of rotatable bonds is 6. The van der Waals surface area contributed by atoms with Gasteiger partial charge < -0.3 is 16.0 Å². The second-order valence-electron chi connectivity index (χ2n) is 3.91. The molecule has 0 aliphatic heterocycles. The molecular formula is C12H19N5O2. The van der Waals surface area contributed by atoms with E-state index in [0.717, 1.165) is 6.54 Å². The van der Waals surface area contributed by atoms with E-state index in [0.29, 0.717) is 12.4 Å². The van der Waals surface area contributed by atoms with Crippen LogP contribution >= 0.6 is 0 Å². The van der Waals surface area contributed by atoms with E-state index in [1.54, 1.807) is 6.92 Å². The van der Waals surface area contributed by atoms with Crippen molar-refractivity contribution < 1.29 is 9.59 Å². The molecule has 0 fully saturated rings. The molecule has 1 atom stereocenters. The molecule has 104 valence electrons. The number of amides is 2. The second kappa shape index (κ2) is 7.30. The van der Waals surface area contributed by atoms with Crippen LogP contribution in [0.15, 0.2) is 12.4 Å². The number of aromatic nitrogens is 2. The molecule has 7 heteroatoms. The lowest BCUT2D eigenvalue weighted by Gasteiger charge is -2.12. The van der Waals surface area contributed by atoms with Gasteiger partial charge >= 0.3 is 0 Å². The van der Waals surface area contributed by atoms with Crippen LogP contribution in [0.3, 0.4) is 0 Å². The molecule has 1 unspecified atom stereocenters. The Kier molecular flexibility index (Phi) is 5.72. The molecule has 0 spiro atoms. The van der Waals surface area contributed by atoms with Crippen LogP contribution < -0.4 is 16.0 Å². The summed E-state index contributed by atoms with van der Waals surface area (Å²) in [5.41, 5.74) is 0.179. The first-order valence-electron chi connectivity index (χ1n) is 6.23. The fourth-order valence-corrected chi connectivity index (χ4v) is 1.38. The van der Waals surface area contributed by atoms with Crippen molar-refractivity contribution in [3.05, 3.63) is 18.1 Å². The smallest absolute Gasteiger partial charge is 0.272 e. The van der Waals surface area contributed by atoms with Crippen molar-refractivity contribution in [1.82, 2.24) is 20.6 Å². The van der Waals surface area contributed by atoms with Crippen LogP contribution in [0, 0.1) is 0 Å². The highest BCUT2D eigenvalue weighted by Crippen LogP contribution is 2.00. The number of nitrogens with one attached hydrogen (secondary N) is 3. The van der Waals surface area contributed by atoms with Gasteiger partial charge in [-0.2, -0.15) is 0 Å². The van der Waals surface area contributed by atoms with Crippen molar-refractivity contribution in [2.24, 2.45) is 0 Å². The van der Waals surface area contributed by atoms with E-state index in [4.69, 9.17) is 0 Å². The Morgan fingerprint density at radius 2 is 1.95 bits per heavy atom. The molecule has 1 rings (SSSR count). The van der Waals surface area contributed by atoms with Gasteiger partial charge in [0.05, 0.1) is 12.4 Å². The van der Waals surface area contributed by atoms with Gasteiger partial charge in [-0.15, -0.1) is 0 Å². The van der Waals surface area contributed by atoms with Crippen molar-refractivity contribution in [3.63, 3.8) is 0 Å². The molecule has 0 radical (unpaired) electrons. The highest BCUT2D eigenvalue weighted by Gasteiger charge is 2.16. The molecule has 0 aliphatic rings. The quantitative estimate of drug-likeness (QED) is 0.681. The van der Waals surface area contributed by atoms with E-state index < -0.39 is 11.9 Å². The first kappa shape index (κ1) is 14.9. The molecule has 1 heterocycles. The standard InChI is InChI=1S/C12H19N5O2/c1-4-13-10-7-15-9(6-16-10)12(19)17-8(3)11(18)14-5-2/h6-8H,4-5H2,1-3H3,(H,13,16)(H,14,18)(H,17,19). The fraction of sp³-hybridized carbons (Fsp3) is 0.500. The third kappa shape index (κ3) is 4.53. The Bertz CT molecular complexity index is 432. The van der Waals surface area contributed by atoms with Crippen LogP contribution in [-0.4, -0.2) is 40.9 Å². The minimum absolute atomic E-state index is 0.179. The topological polar surface area (TPSA) is 96.0 Å². The molecule has 0 aromatic carbocycles. The maximum absolute atomic E-state index is 11.8. The third-order valence-corrected chi connectivity index (χ3v) is 2.33. The van der Waals surface area contributed by atoms with Crippen molar-refractivity contribution >= 4 is 17.6 Å². The fourth-order valence-electron chi connectivity index (χ4n) is 1.38. The third-order valence-electron chi connectivity index (χ3n) is 2.33. The van der Waals surface area contributed by atoms with Gasteiger partial charge in [0.25, 0.3) is 5.91 Å². The predicted octanol–water partition coefficient (Wildman–Crippen LogP) is 0.163. The minimum atomic E-state index is -0.609. The van der Waals surface area contributed by atoms with Crippen LogP contribution in [0.25, 0.3) is 0 Å². The van der Waals surface area contributed by atoms with Crippen LogP contribution in [0.4, 0.5) is 5.82 Å². The summed E-state index contributed by atoms with van der Waals surface area (Å²) >= 11 is 0. The monoisotopic (exact) mass is 265 g/mol. The van der Waals surface area contributed by atoms with Gasteiger partial charge in [-0.1, -0.05) is 0 Å². The summed E-state index contributed by atoms with van der Waals surface area (Å²) < 4.78 is 0. The maximum Gasteiger partial charge on any atom is 0.272 e. The number of anilines is 1. The molecule has 0 saturated carbocycles. The summed E-state index contributed by atoms with van der Waals surface area (Å²) in [6.07, 6.45) is 2.85. The van der Waals surface area contributed by atoms with E-state index in [-0.39, 0.29) is 11.6 Å². The summed E-state index contributed by atoms with van der Waals surface area (Å²) in [4.78, 5) is 31.3. The van der Waals surface area contributed by atoms with Gasteiger partial charge in [0.1, 0.15) is 17.6 Å². The molecule has 1 aromatic rings. The molecule has 2 amide bonds. The highest BCUT2D eigenvalue weighted by molar-refractivity contribution is 5.95. The van der Waals surface area contributed by atoms with E-state index in [2.05, 4.69) is 25.9 Å².